The maximum Gasteiger partial charge on any atom is 0.331 e. The van der Waals surface area contributed by atoms with Gasteiger partial charge >= 0.3 is 5.97 Å². The summed E-state index contributed by atoms with van der Waals surface area (Å²) in [5, 5.41) is 11.3. The van der Waals surface area contributed by atoms with Gasteiger partial charge in [-0.1, -0.05) is 20.3 Å². The molecule has 0 aliphatic heterocycles. The smallest absolute Gasteiger partial charge is 0.331 e. The molecule has 2 atom stereocenters. The van der Waals surface area contributed by atoms with E-state index in [1.165, 1.54) is 6.92 Å². The first kappa shape index (κ1) is 14.6. The Labute approximate surface area is 94.2 Å². The van der Waals surface area contributed by atoms with E-state index in [0.29, 0.717) is 6.42 Å². The van der Waals surface area contributed by atoms with Crippen LogP contribution in [0.1, 0.15) is 27.2 Å². The summed E-state index contributed by atoms with van der Waals surface area (Å²) in [5.41, 5.74) is 3.69. The number of rotatable bonds is 6. The van der Waals surface area contributed by atoms with Gasteiger partial charge in [-0.3, -0.25) is 9.59 Å². The van der Waals surface area contributed by atoms with Crippen molar-refractivity contribution in [3.63, 3.8) is 0 Å². The minimum atomic E-state index is -1.93. The molecule has 0 aromatic heterocycles. The fourth-order valence-electron chi connectivity index (χ4n) is 1.28. The van der Waals surface area contributed by atoms with Crippen LogP contribution in [0.3, 0.4) is 0 Å². The number of nitrogens with one attached hydrogen (secondary N) is 1. The van der Waals surface area contributed by atoms with Crippen LogP contribution in [-0.2, 0) is 14.4 Å². The van der Waals surface area contributed by atoms with Crippen LogP contribution in [0.15, 0.2) is 0 Å². The van der Waals surface area contributed by atoms with Crippen LogP contribution in [0.4, 0.5) is 0 Å². The number of carbonyl (C=O) groups excluding carboxylic acids is 2. The molecule has 1 amide bonds. The van der Waals surface area contributed by atoms with Crippen LogP contribution < -0.4 is 11.1 Å². The van der Waals surface area contributed by atoms with Gasteiger partial charge in [-0.25, -0.2) is 4.79 Å². The summed E-state index contributed by atoms with van der Waals surface area (Å²) in [4.78, 5) is 33.4. The van der Waals surface area contributed by atoms with Gasteiger partial charge in [0.15, 0.2) is 11.3 Å². The van der Waals surface area contributed by atoms with Gasteiger partial charge in [0.1, 0.15) is 0 Å². The third-order valence-corrected chi connectivity index (χ3v) is 2.70. The molecule has 0 aromatic rings. The molecule has 0 aliphatic carbocycles. The number of carboxylic acid groups (broad SMARTS) is 1. The van der Waals surface area contributed by atoms with Gasteiger partial charge in [-0.2, -0.15) is 0 Å². The van der Waals surface area contributed by atoms with Crippen molar-refractivity contribution < 1.29 is 19.5 Å². The van der Waals surface area contributed by atoms with Crippen LogP contribution in [0, 0.1) is 5.92 Å². The van der Waals surface area contributed by atoms with E-state index in [4.69, 9.17) is 10.8 Å². The van der Waals surface area contributed by atoms with E-state index in [-0.39, 0.29) is 6.54 Å². The Kier molecular flexibility index (Phi) is 5.10. The van der Waals surface area contributed by atoms with E-state index in [1.807, 2.05) is 0 Å². The molecule has 0 bridgehead atoms. The Hall–Kier alpha value is -1.43. The van der Waals surface area contributed by atoms with Gasteiger partial charge in [0, 0.05) is 6.92 Å². The average Bonchev–Trinajstić information content (AvgIpc) is 2.22. The van der Waals surface area contributed by atoms with Gasteiger partial charge in [-0.15, -0.1) is 0 Å². The second-order valence-electron chi connectivity index (χ2n) is 3.82. The van der Waals surface area contributed by atoms with E-state index < -0.39 is 29.1 Å². The molecule has 0 spiro atoms. The van der Waals surface area contributed by atoms with Crippen molar-refractivity contribution in [2.24, 2.45) is 11.7 Å². The van der Waals surface area contributed by atoms with Crippen molar-refractivity contribution in [3.8, 4) is 0 Å². The molecule has 16 heavy (non-hydrogen) atoms. The number of nitrogens with two attached hydrogens (primary N) is 1. The normalized spacial score (nSPS) is 16.0. The van der Waals surface area contributed by atoms with Crippen LogP contribution in [0.5, 0.6) is 0 Å². The van der Waals surface area contributed by atoms with Crippen LogP contribution >= 0.6 is 0 Å². The Morgan fingerprint density at radius 2 is 1.94 bits per heavy atom. The van der Waals surface area contributed by atoms with Crippen molar-refractivity contribution in [2.45, 2.75) is 32.7 Å². The summed E-state index contributed by atoms with van der Waals surface area (Å²) in [6.45, 7) is 4.23. The summed E-state index contributed by atoms with van der Waals surface area (Å²) < 4.78 is 0. The molecule has 0 aromatic carbocycles. The zero-order valence-electron chi connectivity index (χ0n) is 9.74. The molecule has 0 aliphatic rings. The second kappa shape index (κ2) is 5.60. The molecule has 0 fully saturated rings. The van der Waals surface area contributed by atoms with Crippen molar-refractivity contribution >= 4 is 17.7 Å². The molecule has 4 N–H and O–H groups in total. The zero-order valence-corrected chi connectivity index (χ0v) is 9.74. The highest BCUT2D eigenvalue weighted by atomic mass is 16.4. The lowest BCUT2D eigenvalue weighted by molar-refractivity contribution is -0.151. The monoisotopic (exact) mass is 230 g/mol. The second-order valence-corrected chi connectivity index (χ2v) is 3.82. The van der Waals surface area contributed by atoms with E-state index >= 15 is 0 Å². The van der Waals surface area contributed by atoms with Gasteiger partial charge in [0.05, 0.1) is 6.54 Å². The zero-order chi connectivity index (χ0) is 12.9. The van der Waals surface area contributed by atoms with Crippen LogP contribution in [-0.4, -0.2) is 34.8 Å². The van der Waals surface area contributed by atoms with Gasteiger partial charge in [0.25, 0.3) is 0 Å². The molecule has 92 valence electrons. The topological polar surface area (TPSA) is 109 Å². The summed E-state index contributed by atoms with van der Waals surface area (Å²) in [5.74, 6) is -2.95. The fraction of sp³-hybridized carbons (Fsp3) is 0.700. The van der Waals surface area contributed by atoms with Gasteiger partial charge in [-0.05, 0) is 5.92 Å². The molecular weight excluding hydrogens is 212 g/mol. The number of carbonyl (C=O) groups is 3. The predicted octanol–water partition coefficient (Wildman–Crippen LogP) is -0.480. The number of aliphatic carboxylic acids is 1. The van der Waals surface area contributed by atoms with E-state index in [2.05, 4.69) is 5.32 Å². The lowest BCUT2D eigenvalue weighted by atomic mass is 9.80. The first-order valence-electron chi connectivity index (χ1n) is 5.06. The highest BCUT2D eigenvalue weighted by molar-refractivity contribution is 6.09. The van der Waals surface area contributed by atoms with Crippen molar-refractivity contribution in [1.82, 2.24) is 5.32 Å². The molecule has 0 unspecified atom stereocenters. The lowest BCUT2D eigenvalue weighted by Gasteiger charge is -2.29. The highest BCUT2D eigenvalue weighted by Crippen LogP contribution is 2.19. The predicted molar refractivity (Wildman–Crippen MR) is 57.7 cm³/mol. The molecule has 6 nitrogen and oxygen atoms in total. The number of Topliss-reactive ketones (excluding diaryl/α,β-unsaturated/α-hetero) is 1. The molecule has 6 heteroatoms. The number of hydrogen-bond donors (Lipinski definition) is 3. The van der Waals surface area contributed by atoms with Gasteiger partial charge < -0.3 is 16.2 Å². The summed E-state index contributed by atoms with van der Waals surface area (Å²) >= 11 is 0. The van der Waals surface area contributed by atoms with Crippen molar-refractivity contribution in [1.29, 1.82) is 0 Å². The Balaban J connectivity index is 4.85. The minimum Gasteiger partial charge on any atom is -0.480 e. The highest BCUT2D eigenvalue weighted by Gasteiger charge is 2.45. The first-order chi connectivity index (χ1) is 7.26. The average molecular weight is 230 g/mol. The van der Waals surface area contributed by atoms with E-state index in [1.54, 1.807) is 13.8 Å². The first-order valence-corrected chi connectivity index (χ1v) is 5.06. The molecular formula is C10H18N2O4. The summed E-state index contributed by atoms with van der Waals surface area (Å²) in [7, 11) is 0. The summed E-state index contributed by atoms with van der Waals surface area (Å²) in [6.07, 6.45) is 0.467. The molecule has 0 rings (SSSR count). The van der Waals surface area contributed by atoms with E-state index in [0.717, 1.165) is 0 Å². The number of ketones is 1. The standard InChI is InChI=1S/C10H18N2O4/c1-4-6(2)10(11,9(15)16)8(14)5-12-7(3)13/h6H,4-5,11H2,1-3H3,(H,12,13)(H,15,16)/t6-,10+/m0/s1. The Morgan fingerprint density at radius 1 is 1.44 bits per heavy atom. The third kappa shape index (κ3) is 3.03. The number of carboxylic acids is 1. The minimum absolute atomic E-state index is 0.359. The fourth-order valence-corrected chi connectivity index (χ4v) is 1.28. The third-order valence-electron chi connectivity index (χ3n) is 2.70. The number of amides is 1. The molecule has 0 saturated heterocycles. The van der Waals surface area contributed by atoms with Crippen molar-refractivity contribution in [3.05, 3.63) is 0 Å². The van der Waals surface area contributed by atoms with E-state index in [9.17, 15) is 14.4 Å². The summed E-state index contributed by atoms with van der Waals surface area (Å²) in [6, 6.07) is 0. The Bertz CT molecular complexity index is 303. The largest absolute Gasteiger partial charge is 0.480 e. The molecule has 0 heterocycles. The Morgan fingerprint density at radius 3 is 2.25 bits per heavy atom. The number of hydrogen-bond acceptors (Lipinski definition) is 4. The lowest BCUT2D eigenvalue weighted by Crippen LogP contribution is -2.61. The van der Waals surface area contributed by atoms with Crippen LogP contribution in [0.25, 0.3) is 0 Å². The maximum absolute atomic E-state index is 11.7. The molecule has 0 radical (unpaired) electrons. The van der Waals surface area contributed by atoms with Gasteiger partial charge in [0.2, 0.25) is 5.91 Å². The van der Waals surface area contributed by atoms with Crippen LogP contribution in [0.2, 0.25) is 0 Å². The quantitative estimate of drug-likeness (QED) is 0.534. The molecule has 0 saturated carbocycles. The maximum atomic E-state index is 11.7. The SMILES string of the molecule is CC[C@H](C)[C@](N)(C(=O)O)C(=O)CNC(C)=O. The van der Waals surface area contributed by atoms with Crippen molar-refractivity contribution in [2.75, 3.05) is 6.54 Å².